The number of nitrogens with one attached hydrogen (secondary N) is 1. The van der Waals surface area contributed by atoms with Crippen LogP contribution < -0.4 is 10.1 Å². The Balaban J connectivity index is 0.00000289. The molecule has 2 fully saturated rings. The second-order valence-corrected chi connectivity index (χ2v) is 7.97. The predicted octanol–water partition coefficient (Wildman–Crippen LogP) is 2.28. The van der Waals surface area contributed by atoms with Gasteiger partial charge in [-0.05, 0) is 37.5 Å². The lowest BCUT2D eigenvalue weighted by Gasteiger charge is -2.37. The lowest BCUT2D eigenvalue weighted by atomic mass is 10.1. The standard InChI is InChI=1S/C22H32N6O3.HI/c1-16-25-26-21(27(16)2)14-24-22(23-13-17-6-8-18(29-3)9-7-17)28-10-12-31-20(15-28)19-5-4-11-30-19;/h6-9,19-20H,4-5,10-15H2,1-3H3,(H,23,24);1H. The van der Waals surface area contributed by atoms with Gasteiger partial charge in [-0.1, -0.05) is 12.1 Å². The van der Waals surface area contributed by atoms with Crippen molar-refractivity contribution in [2.24, 2.45) is 12.0 Å². The van der Waals surface area contributed by atoms with Crippen LogP contribution in [0, 0.1) is 6.92 Å². The van der Waals surface area contributed by atoms with Gasteiger partial charge in [-0.3, -0.25) is 0 Å². The summed E-state index contributed by atoms with van der Waals surface area (Å²) < 4.78 is 19.1. The minimum absolute atomic E-state index is 0. The molecule has 0 amide bonds. The number of benzene rings is 1. The first-order chi connectivity index (χ1) is 15.1. The summed E-state index contributed by atoms with van der Waals surface area (Å²) >= 11 is 0. The van der Waals surface area contributed by atoms with E-state index in [-0.39, 0.29) is 36.2 Å². The van der Waals surface area contributed by atoms with Gasteiger partial charge in [-0.25, -0.2) is 4.99 Å². The largest absolute Gasteiger partial charge is 0.497 e. The number of halogens is 1. The van der Waals surface area contributed by atoms with Crippen LogP contribution in [0.1, 0.15) is 30.1 Å². The highest BCUT2D eigenvalue weighted by atomic mass is 127. The van der Waals surface area contributed by atoms with E-state index in [0.29, 0.717) is 19.7 Å². The monoisotopic (exact) mass is 556 g/mol. The van der Waals surface area contributed by atoms with Gasteiger partial charge < -0.3 is 29.0 Å². The van der Waals surface area contributed by atoms with E-state index in [1.807, 2.05) is 42.8 Å². The molecule has 0 radical (unpaired) electrons. The number of aryl methyl sites for hydroxylation is 1. The Labute approximate surface area is 206 Å². The van der Waals surface area contributed by atoms with Crippen molar-refractivity contribution < 1.29 is 14.2 Å². The van der Waals surface area contributed by atoms with Crippen LogP contribution in [0.3, 0.4) is 0 Å². The number of rotatable bonds is 6. The van der Waals surface area contributed by atoms with Gasteiger partial charge in [0.1, 0.15) is 17.7 Å². The van der Waals surface area contributed by atoms with E-state index < -0.39 is 0 Å². The molecule has 10 heteroatoms. The van der Waals surface area contributed by atoms with Gasteiger partial charge in [-0.2, -0.15) is 0 Å². The van der Waals surface area contributed by atoms with Crippen molar-refractivity contribution in [2.75, 3.05) is 33.4 Å². The average molecular weight is 556 g/mol. The number of methoxy groups -OCH3 is 1. The highest BCUT2D eigenvalue weighted by Crippen LogP contribution is 2.21. The number of morpholine rings is 1. The van der Waals surface area contributed by atoms with E-state index in [9.17, 15) is 0 Å². The van der Waals surface area contributed by atoms with Crippen LogP contribution in [-0.2, 0) is 29.6 Å². The smallest absolute Gasteiger partial charge is 0.194 e. The molecule has 9 nitrogen and oxygen atoms in total. The van der Waals surface area contributed by atoms with Gasteiger partial charge >= 0.3 is 0 Å². The summed E-state index contributed by atoms with van der Waals surface area (Å²) in [6.07, 6.45) is 2.41. The lowest BCUT2D eigenvalue weighted by molar-refractivity contribution is -0.0817. The summed E-state index contributed by atoms with van der Waals surface area (Å²) in [5, 5.41) is 11.9. The molecular formula is C22H33IN6O3. The Kier molecular flexibility index (Phi) is 9.11. The Bertz CT molecular complexity index is 882. The third-order valence-electron chi connectivity index (χ3n) is 5.93. The van der Waals surface area contributed by atoms with Crippen molar-refractivity contribution >= 4 is 29.9 Å². The van der Waals surface area contributed by atoms with Gasteiger partial charge in [0, 0.05) is 26.7 Å². The van der Waals surface area contributed by atoms with E-state index in [1.165, 1.54) is 0 Å². The van der Waals surface area contributed by atoms with E-state index in [0.717, 1.165) is 61.5 Å². The molecule has 176 valence electrons. The van der Waals surface area contributed by atoms with Crippen LogP contribution in [-0.4, -0.2) is 71.2 Å². The van der Waals surface area contributed by atoms with Crippen LogP contribution in [0.2, 0.25) is 0 Å². The van der Waals surface area contributed by atoms with Crippen molar-refractivity contribution in [3.8, 4) is 5.75 Å². The normalized spacial score (nSPS) is 21.3. The number of hydrogen-bond acceptors (Lipinski definition) is 6. The van der Waals surface area contributed by atoms with E-state index >= 15 is 0 Å². The van der Waals surface area contributed by atoms with Crippen LogP contribution in [0.15, 0.2) is 29.3 Å². The molecule has 1 aromatic carbocycles. The molecule has 2 unspecified atom stereocenters. The zero-order valence-corrected chi connectivity index (χ0v) is 21.3. The van der Waals surface area contributed by atoms with Crippen LogP contribution in [0.25, 0.3) is 0 Å². The number of nitrogens with zero attached hydrogens (tertiary/aromatic N) is 5. The van der Waals surface area contributed by atoms with Crippen molar-refractivity contribution in [1.29, 1.82) is 0 Å². The first-order valence-corrected chi connectivity index (χ1v) is 10.9. The van der Waals surface area contributed by atoms with Crippen LogP contribution >= 0.6 is 24.0 Å². The number of aromatic nitrogens is 3. The van der Waals surface area contributed by atoms with E-state index in [4.69, 9.17) is 19.2 Å². The third-order valence-corrected chi connectivity index (χ3v) is 5.93. The molecule has 1 N–H and O–H groups in total. The fourth-order valence-electron chi connectivity index (χ4n) is 3.92. The third kappa shape index (κ3) is 6.10. The average Bonchev–Trinajstić information content (AvgIpc) is 3.46. The number of aliphatic imine (C=N–C) groups is 1. The SMILES string of the molecule is COc1ccc(CN=C(NCc2nnc(C)n2C)N2CCOC(C3CCCO3)C2)cc1.I. The molecule has 3 heterocycles. The van der Waals surface area contributed by atoms with Crippen molar-refractivity contribution in [3.63, 3.8) is 0 Å². The fourth-order valence-corrected chi connectivity index (χ4v) is 3.92. The first-order valence-electron chi connectivity index (χ1n) is 10.9. The van der Waals surface area contributed by atoms with E-state index in [1.54, 1.807) is 7.11 Å². The number of guanidine groups is 1. The number of ether oxygens (including phenoxy) is 3. The maximum absolute atomic E-state index is 6.03. The maximum Gasteiger partial charge on any atom is 0.194 e. The van der Waals surface area contributed by atoms with Crippen LogP contribution in [0.5, 0.6) is 5.75 Å². The molecule has 2 atom stereocenters. The highest BCUT2D eigenvalue weighted by molar-refractivity contribution is 14.0. The molecule has 0 spiro atoms. The minimum Gasteiger partial charge on any atom is -0.497 e. The Morgan fingerprint density at radius 3 is 2.62 bits per heavy atom. The molecule has 2 saturated heterocycles. The molecule has 1 aromatic heterocycles. The van der Waals surface area contributed by atoms with Crippen molar-refractivity contribution in [3.05, 3.63) is 41.5 Å². The van der Waals surface area contributed by atoms with Gasteiger partial charge in [-0.15, -0.1) is 34.2 Å². The summed E-state index contributed by atoms with van der Waals surface area (Å²) in [4.78, 5) is 7.19. The summed E-state index contributed by atoms with van der Waals surface area (Å²) in [5.74, 6) is 3.45. The predicted molar refractivity (Wildman–Crippen MR) is 132 cm³/mol. The Morgan fingerprint density at radius 1 is 1.19 bits per heavy atom. The molecule has 2 aromatic rings. The first kappa shape index (κ1) is 24.7. The van der Waals surface area contributed by atoms with Gasteiger partial charge in [0.05, 0.1) is 32.9 Å². The fraction of sp³-hybridized carbons (Fsp3) is 0.591. The Morgan fingerprint density at radius 2 is 1.97 bits per heavy atom. The minimum atomic E-state index is 0. The summed E-state index contributed by atoms with van der Waals surface area (Å²) in [7, 11) is 3.65. The molecule has 2 aliphatic rings. The second-order valence-electron chi connectivity index (χ2n) is 7.97. The Hall–Kier alpha value is -1.92. The molecule has 32 heavy (non-hydrogen) atoms. The quantitative estimate of drug-likeness (QED) is 0.332. The number of hydrogen-bond donors (Lipinski definition) is 1. The molecule has 4 rings (SSSR count). The second kappa shape index (κ2) is 11.8. The van der Waals surface area contributed by atoms with Crippen molar-refractivity contribution in [1.82, 2.24) is 25.0 Å². The summed E-state index contributed by atoms with van der Waals surface area (Å²) in [6, 6.07) is 8.01. The lowest BCUT2D eigenvalue weighted by Crippen LogP contribution is -2.53. The molecule has 2 aliphatic heterocycles. The molecule has 0 aliphatic carbocycles. The summed E-state index contributed by atoms with van der Waals surface area (Å²) in [6.45, 7) is 6.12. The zero-order chi connectivity index (χ0) is 21.6. The van der Waals surface area contributed by atoms with E-state index in [2.05, 4.69) is 20.4 Å². The zero-order valence-electron chi connectivity index (χ0n) is 19.0. The highest BCUT2D eigenvalue weighted by Gasteiger charge is 2.32. The van der Waals surface area contributed by atoms with Crippen LogP contribution in [0.4, 0.5) is 0 Å². The maximum atomic E-state index is 6.03. The van der Waals surface area contributed by atoms with Gasteiger partial charge in [0.25, 0.3) is 0 Å². The molecular weight excluding hydrogens is 523 g/mol. The van der Waals surface area contributed by atoms with Gasteiger partial charge in [0.15, 0.2) is 11.8 Å². The topological polar surface area (TPSA) is 86.0 Å². The molecule has 0 saturated carbocycles. The molecule has 0 bridgehead atoms. The summed E-state index contributed by atoms with van der Waals surface area (Å²) in [5.41, 5.74) is 1.12. The van der Waals surface area contributed by atoms with Gasteiger partial charge in [0.2, 0.25) is 0 Å². The van der Waals surface area contributed by atoms with Crippen molar-refractivity contribution in [2.45, 2.75) is 45.1 Å².